The Balaban J connectivity index is 0.000000187. The molecule has 0 radical (unpaired) electrons. The molecule has 0 aromatic carbocycles. The van der Waals surface area contributed by atoms with Crippen LogP contribution in [0.4, 0.5) is 0 Å². The first kappa shape index (κ1) is 8.11. The van der Waals surface area contributed by atoms with Gasteiger partial charge in [0.05, 0.1) is 0 Å². The lowest BCUT2D eigenvalue weighted by atomic mass is 10.5. The number of rotatable bonds is 0. The van der Waals surface area contributed by atoms with Gasteiger partial charge in [-0.1, -0.05) is 13.0 Å². The maximum Gasteiger partial charge on any atom is 0.0267 e. The van der Waals surface area contributed by atoms with E-state index >= 15 is 0 Å². The monoisotopic (exact) mass is 124 g/mol. The van der Waals surface area contributed by atoms with Crippen molar-refractivity contribution in [3.63, 3.8) is 0 Å². The predicted molar refractivity (Wildman–Crippen MR) is 39.0 cm³/mol. The Labute approximate surface area is 55.7 Å². The van der Waals surface area contributed by atoms with Crippen LogP contribution in [0.15, 0.2) is 30.6 Å². The standard InChI is InChI=1S/C5H5N.C2H7N/c1-2-4-6-5-3-1;1-2-3/h1-5H;2-3H2,1H3. The van der Waals surface area contributed by atoms with Crippen molar-refractivity contribution < 1.29 is 0 Å². The van der Waals surface area contributed by atoms with E-state index in [0.717, 1.165) is 6.54 Å². The summed E-state index contributed by atoms with van der Waals surface area (Å²) in [6.07, 6.45) is 3.50. The third kappa shape index (κ3) is 7.11. The summed E-state index contributed by atoms with van der Waals surface area (Å²) < 4.78 is 0. The van der Waals surface area contributed by atoms with Crippen molar-refractivity contribution in [2.75, 3.05) is 6.54 Å². The van der Waals surface area contributed by atoms with Crippen molar-refractivity contribution in [1.29, 1.82) is 0 Å². The topological polar surface area (TPSA) is 38.9 Å². The van der Waals surface area contributed by atoms with Crippen LogP contribution in [0.1, 0.15) is 6.92 Å². The molecule has 0 bridgehead atoms. The zero-order valence-corrected chi connectivity index (χ0v) is 5.62. The Morgan fingerprint density at radius 2 is 1.67 bits per heavy atom. The van der Waals surface area contributed by atoms with Crippen LogP contribution in [0, 0.1) is 0 Å². The highest BCUT2D eigenvalue weighted by Crippen LogP contribution is 1.73. The number of nitrogens with two attached hydrogens (primary N) is 1. The smallest absolute Gasteiger partial charge is 0.0267 e. The molecule has 1 rings (SSSR count). The van der Waals surface area contributed by atoms with Crippen molar-refractivity contribution in [2.45, 2.75) is 6.92 Å². The molecule has 9 heavy (non-hydrogen) atoms. The van der Waals surface area contributed by atoms with Gasteiger partial charge in [-0.3, -0.25) is 4.98 Å². The summed E-state index contributed by atoms with van der Waals surface area (Å²) in [5, 5.41) is 0. The van der Waals surface area contributed by atoms with Crippen LogP contribution in [-0.2, 0) is 0 Å². The van der Waals surface area contributed by atoms with Gasteiger partial charge in [0.25, 0.3) is 0 Å². The molecule has 1 aromatic heterocycles. The molecule has 0 saturated carbocycles. The summed E-state index contributed by atoms with van der Waals surface area (Å²) in [6, 6.07) is 5.72. The molecular weight excluding hydrogens is 112 g/mol. The fourth-order valence-electron chi connectivity index (χ4n) is 0.313. The van der Waals surface area contributed by atoms with Crippen molar-refractivity contribution in [1.82, 2.24) is 4.98 Å². The van der Waals surface area contributed by atoms with Crippen LogP contribution in [0.5, 0.6) is 0 Å². The molecule has 0 spiro atoms. The van der Waals surface area contributed by atoms with Crippen LogP contribution in [0.2, 0.25) is 0 Å². The molecule has 2 heteroatoms. The Bertz CT molecular complexity index is 89.8. The first-order valence-electron chi connectivity index (χ1n) is 2.97. The molecule has 0 unspecified atom stereocenters. The lowest BCUT2D eigenvalue weighted by Gasteiger charge is -1.70. The maximum absolute atomic E-state index is 4.85. The minimum atomic E-state index is 0.750. The third-order valence-electron chi connectivity index (χ3n) is 0.566. The predicted octanol–water partition coefficient (Wildman–Crippen LogP) is 1.05. The van der Waals surface area contributed by atoms with Crippen LogP contribution in [0.3, 0.4) is 0 Å². The van der Waals surface area contributed by atoms with E-state index in [0.29, 0.717) is 0 Å². The number of hydrogen-bond donors (Lipinski definition) is 1. The zero-order valence-electron chi connectivity index (χ0n) is 5.62. The first-order chi connectivity index (χ1) is 4.41. The normalized spacial score (nSPS) is 7.33. The minimum absolute atomic E-state index is 0.750. The number of aromatic nitrogens is 1. The van der Waals surface area contributed by atoms with Gasteiger partial charge in [-0.15, -0.1) is 0 Å². The lowest BCUT2D eigenvalue weighted by Crippen LogP contribution is -1.87. The molecule has 0 aliphatic heterocycles. The van der Waals surface area contributed by atoms with E-state index in [1.165, 1.54) is 0 Å². The minimum Gasteiger partial charge on any atom is -0.331 e. The van der Waals surface area contributed by atoms with Gasteiger partial charge in [0.2, 0.25) is 0 Å². The van der Waals surface area contributed by atoms with Gasteiger partial charge in [0.15, 0.2) is 0 Å². The maximum atomic E-state index is 4.85. The van der Waals surface area contributed by atoms with Gasteiger partial charge in [0, 0.05) is 12.4 Å². The van der Waals surface area contributed by atoms with Crippen LogP contribution in [0.25, 0.3) is 0 Å². The van der Waals surface area contributed by atoms with E-state index in [9.17, 15) is 0 Å². The highest BCUT2D eigenvalue weighted by molar-refractivity contribution is 4.88. The van der Waals surface area contributed by atoms with Crippen molar-refractivity contribution in [3.05, 3.63) is 30.6 Å². The van der Waals surface area contributed by atoms with E-state index in [2.05, 4.69) is 4.98 Å². The summed E-state index contributed by atoms with van der Waals surface area (Å²) in [5.41, 5.74) is 4.85. The van der Waals surface area contributed by atoms with Gasteiger partial charge < -0.3 is 5.73 Å². The van der Waals surface area contributed by atoms with Gasteiger partial charge in [-0.05, 0) is 18.7 Å². The Hall–Kier alpha value is -0.890. The molecule has 0 aliphatic carbocycles. The summed E-state index contributed by atoms with van der Waals surface area (Å²) in [5.74, 6) is 0. The molecule has 2 nitrogen and oxygen atoms in total. The zero-order chi connectivity index (χ0) is 6.95. The Morgan fingerprint density at radius 1 is 1.22 bits per heavy atom. The number of pyridine rings is 1. The van der Waals surface area contributed by atoms with E-state index in [1.807, 2.05) is 25.1 Å². The van der Waals surface area contributed by atoms with Crippen molar-refractivity contribution >= 4 is 0 Å². The van der Waals surface area contributed by atoms with Gasteiger partial charge in [-0.2, -0.15) is 0 Å². The number of nitrogens with zero attached hydrogens (tertiary/aromatic N) is 1. The molecule has 50 valence electrons. The van der Waals surface area contributed by atoms with E-state index in [4.69, 9.17) is 5.73 Å². The lowest BCUT2D eigenvalue weighted by molar-refractivity contribution is 1.14. The molecule has 1 aromatic rings. The van der Waals surface area contributed by atoms with E-state index in [-0.39, 0.29) is 0 Å². The summed E-state index contributed by atoms with van der Waals surface area (Å²) in [6.45, 7) is 2.65. The average molecular weight is 124 g/mol. The number of hydrogen-bond acceptors (Lipinski definition) is 2. The SMILES string of the molecule is CCN.c1ccncc1. The highest BCUT2D eigenvalue weighted by Gasteiger charge is 1.58. The molecule has 0 saturated heterocycles. The summed E-state index contributed by atoms with van der Waals surface area (Å²) >= 11 is 0. The van der Waals surface area contributed by atoms with Crippen LogP contribution >= 0.6 is 0 Å². The Morgan fingerprint density at radius 3 is 1.78 bits per heavy atom. The second-order valence-corrected chi connectivity index (χ2v) is 1.43. The van der Waals surface area contributed by atoms with Crippen LogP contribution in [-0.4, -0.2) is 11.5 Å². The van der Waals surface area contributed by atoms with Gasteiger partial charge in [-0.25, -0.2) is 0 Å². The molecule has 0 fully saturated rings. The second kappa shape index (κ2) is 7.11. The quantitative estimate of drug-likeness (QED) is 0.561. The van der Waals surface area contributed by atoms with Gasteiger partial charge in [0.1, 0.15) is 0 Å². The van der Waals surface area contributed by atoms with Crippen molar-refractivity contribution in [3.8, 4) is 0 Å². The summed E-state index contributed by atoms with van der Waals surface area (Å²) in [4.78, 5) is 3.78. The summed E-state index contributed by atoms with van der Waals surface area (Å²) in [7, 11) is 0. The average Bonchev–Trinajstić information content (AvgIpc) is 1.93. The van der Waals surface area contributed by atoms with Gasteiger partial charge >= 0.3 is 0 Å². The van der Waals surface area contributed by atoms with Crippen LogP contribution < -0.4 is 5.73 Å². The Kier molecular flexibility index (Phi) is 6.41. The van der Waals surface area contributed by atoms with E-state index in [1.54, 1.807) is 12.4 Å². The molecular formula is C7H12N2. The second-order valence-electron chi connectivity index (χ2n) is 1.43. The fraction of sp³-hybridized carbons (Fsp3) is 0.286. The highest BCUT2D eigenvalue weighted by atomic mass is 14.6. The largest absolute Gasteiger partial charge is 0.331 e. The molecule has 0 aliphatic rings. The molecule has 2 N–H and O–H groups in total. The molecule has 0 amide bonds. The molecule has 1 heterocycles. The fourth-order valence-corrected chi connectivity index (χ4v) is 0.313. The third-order valence-corrected chi connectivity index (χ3v) is 0.566. The molecule has 0 atom stereocenters. The van der Waals surface area contributed by atoms with Crippen molar-refractivity contribution in [2.24, 2.45) is 5.73 Å². The van der Waals surface area contributed by atoms with E-state index < -0.39 is 0 Å². The first-order valence-corrected chi connectivity index (χ1v) is 2.97.